The third-order valence-electron chi connectivity index (χ3n) is 2.91. The first kappa shape index (κ1) is 13.9. The van der Waals surface area contributed by atoms with E-state index in [0.29, 0.717) is 35.2 Å². The molecule has 2 aromatic heterocycles. The molecule has 7 nitrogen and oxygen atoms in total. The number of rotatable bonds is 5. The van der Waals surface area contributed by atoms with Crippen molar-refractivity contribution in [2.45, 2.75) is 12.6 Å². The van der Waals surface area contributed by atoms with Gasteiger partial charge in [-0.05, 0) is 0 Å². The Bertz CT molecular complexity index is 565. The van der Waals surface area contributed by atoms with E-state index in [-0.39, 0.29) is 0 Å². The van der Waals surface area contributed by atoms with Gasteiger partial charge in [0.05, 0.1) is 36.3 Å². The summed E-state index contributed by atoms with van der Waals surface area (Å²) in [6.45, 7) is 0.968. The Kier molecular flexibility index (Phi) is 4.08. The lowest BCUT2D eigenvalue weighted by Gasteiger charge is -2.13. The van der Waals surface area contributed by atoms with E-state index in [4.69, 9.17) is 22.1 Å². The fourth-order valence-electron chi connectivity index (χ4n) is 1.82. The van der Waals surface area contributed by atoms with Crippen LogP contribution in [0.25, 0.3) is 0 Å². The minimum atomic E-state index is -0.972. The summed E-state index contributed by atoms with van der Waals surface area (Å²) in [6, 6.07) is 0. The molecule has 2 heterocycles. The number of nitrogen functional groups attached to an aromatic ring is 1. The molecule has 0 fully saturated rings. The summed E-state index contributed by atoms with van der Waals surface area (Å²) < 4.78 is 8.09. The number of aryl methyl sites for hydroxylation is 1. The molecule has 3 N–H and O–H groups in total. The van der Waals surface area contributed by atoms with Gasteiger partial charge in [0.2, 0.25) is 0 Å². The summed E-state index contributed by atoms with van der Waals surface area (Å²) >= 11 is 6.08. The Morgan fingerprint density at radius 2 is 2.21 bits per heavy atom. The summed E-state index contributed by atoms with van der Waals surface area (Å²) in [6.07, 6.45) is 2.03. The molecule has 0 spiro atoms. The molecule has 0 radical (unpaired) electrons. The number of nitrogens with two attached hydrogens (primary N) is 1. The zero-order chi connectivity index (χ0) is 14.0. The van der Waals surface area contributed by atoms with Gasteiger partial charge in [-0.25, -0.2) is 0 Å². The van der Waals surface area contributed by atoms with Gasteiger partial charge in [-0.1, -0.05) is 11.6 Å². The molecular formula is C11H16ClN5O2. The smallest absolute Gasteiger partial charge is 0.127 e. The summed E-state index contributed by atoms with van der Waals surface area (Å²) in [4.78, 5) is 0. The second kappa shape index (κ2) is 5.60. The zero-order valence-electron chi connectivity index (χ0n) is 10.7. The van der Waals surface area contributed by atoms with Gasteiger partial charge in [-0.3, -0.25) is 9.36 Å². The van der Waals surface area contributed by atoms with Crippen LogP contribution < -0.4 is 5.73 Å². The van der Waals surface area contributed by atoms with Gasteiger partial charge < -0.3 is 15.6 Å². The summed E-state index contributed by atoms with van der Waals surface area (Å²) in [7, 11) is 3.30. The van der Waals surface area contributed by atoms with E-state index in [9.17, 15) is 5.11 Å². The Hall–Kier alpha value is -1.57. The molecule has 0 bridgehead atoms. The molecule has 0 saturated heterocycles. The monoisotopic (exact) mass is 285 g/mol. The molecule has 1 atom stereocenters. The van der Waals surface area contributed by atoms with Crippen LogP contribution in [0.2, 0.25) is 5.02 Å². The van der Waals surface area contributed by atoms with Crippen molar-refractivity contribution in [2.24, 2.45) is 7.05 Å². The fourth-order valence-corrected chi connectivity index (χ4v) is 2.07. The molecule has 1 unspecified atom stereocenters. The SMILES string of the molecule is COCCn1ncc(Cl)c1C(O)c1cnn(C)c1N. The van der Waals surface area contributed by atoms with Gasteiger partial charge in [-0.2, -0.15) is 10.2 Å². The zero-order valence-corrected chi connectivity index (χ0v) is 11.5. The third-order valence-corrected chi connectivity index (χ3v) is 3.20. The first-order chi connectivity index (χ1) is 9.06. The minimum Gasteiger partial charge on any atom is -0.384 e. The maximum Gasteiger partial charge on any atom is 0.127 e. The number of methoxy groups -OCH3 is 1. The van der Waals surface area contributed by atoms with E-state index in [1.807, 2.05) is 0 Å². The van der Waals surface area contributed by atoms with Crippen molar-refractivity contribution >= 4 is 17.4 Å². The van der Waals surface area contributed by atoms with Crippen molar-refractivity contribution in [3.05, 3.63) is 28.7 Å². The molecule has 0 saturated carbocycles. The van der Waals surface area contributed by atoms with Crippen LogP contribution in [0.5, 0.6) is 0 Å². The first-order valence-corrected chi connectivity index (χ1v) is 6.09. The van der Waals surface area contributed by atoms with Crippen LogP contribution in [-0.2, 0) is 18.3 Å². The largest absolute Gasteiger partial charge is 0.384 e. The van der Waals surface area contributed by atoms with Crippen molar-refractivity contribution in [3.8, 4) is 0 Å². The highest BCUT2D eigenvalue weighted by molar-refractivity contribution is 6.31. The minimum absolute atomic E-state index is 0.381. The number of aliphatic hydroxyl groups excluding tert-OH is 1. The molecule has 0 aliphatic heterocycles. The Labute approximate surface area is 115 Å². The second-order valence-electron chi connectivity index (χ2n) is 4.10. The Morgan fingerprint density at radius 1 is 1.47 bits per heavy atom. The molecule has 0 aromatic carbocycles. The van der Waals surface area contributed by atoms with Crippen LogP contribution in [0.4, 0.5) is 5.82 Å². The highest BCUT2D eigenvalue weighted by Crippen LogP contribution is 2.30. The topological polar surface area (TPSA) is 91.1 Å². The quantitative estimate of drug-likeness (QED) is 0.838. The van der Waals surface area contributed by atoms with Crippen LogP contribution in [-0.4, -0.2) is 38.4 Å². The summed E-state index contributed by atoms with van der Waals surface area (Å²) in [5.74, 6) is 0.392. The number of hydrogen-bond donors (Lipinski definition) is 2. The van der Waals surface area contributed by atoms with E-state index in [1.54, 1.807) is 18.8 Å². The van der Waals surface area contributed by atoms with E-state index in [1.165, 1.54) is 17.1 Å². The summed E-state index contributed by atoms with van der Waals surface area (Å²) in [5.41, 5.74) is 6.84. The average Bonchev–Trinajstić information content (AvgIpc) is 2.91. The number of halogens is 1. The Balaban J connectivity index is 2.35. The molecule has 2 aromatic rings. The van der Waals surface area contributed by atoms with Crippen LogP contribution in [0.3, 0.4) is 0 Å². The lowest BCUT2D eigenvalue weighted by Crippen LogP contribution is -2.14. The standard InChI is InChI=1S/C11H16ClN5O2/c1-16-11(13)7(5-14-16)10(18)9-8(12)6-15-17(9)3-4-19-2/h5-6,10,18H,3-4,13H2,1-2H3. The van der Waals surface area contributed by atoms with E-state index in [2.05, 4.69) is 10.2 Å². The van der Waals surface area contributed by atoms with Crippen LogP contribution in [0.15, 0.2) is 12.4 Å². The fraction of sp³-hybridized carbons (Fsp3) is 0.455. The van der Waals surface area contributed by atoms with E-state index < -0.39 is 6.10 Å². The van der Waals surface area contributed by atoms with Crippen molar-refractivity contribution in [1.29, 1.82) is 0 Å². The van der Waals surface area contributed by atoms with Crippen LogP contribution >= 0.6 is 11.6 Å². The van der Waals surface area contributed by atoms with Crippen LogP contribution in [0, 0.1) is 0 Å². The van der Waals surface area contributed by atoms with Crippen molar-refractivity contribution in [1.82, 2.24) is 19.6 Å². The highest BCUT2D eigenvalue weighted by atomic mass is 35.5. The molecule has 0 amide bonds. The molecule has 104 valence electrons. The first-order valence-electron chi connectivity index (χ1n) is 5.71. The number of anilines is 1. The molecule has 0 aliphatic rings. The third kappa shape index (κ3) is 2.58. The van der Waals surface area contributed by atoms with Crippen molar-refractivity contribution in [3.63, 3.8) is 0 Å². The Morgan fingerprint density at radius 3 is 2.79 bits per heavy atom. The van der Waals surface area contributed by atoms with Gasteiger partial charge in [0.1, 0.15) is 11.9 Å². The van der Waals surface area contributed by atoms with Gasteiger partial charge in [-0.15, -0.1) is 0 Å². The van der Waals surface area contributed by atoms with Crippen molar-refractivity contribution < 1.29 is 9.84 Å². The lowest BCUT2D eigenvalue weighted by atomic mass is 10.1. The average molecular weight is 286 g/mol. The van der Waals surface area contributed by atoms with Crippen LogP contribution in [0.1, 0.15) is 17.4 Å². The van der Waals surface area contributed by atoms with Gasteiger partial charge in [0.15, 0.2) is 0 Å². The van der Waals surface area contributed by atoms with Crippen molar-refractivity contribution in [2.75, 3.05) is 19.5 Å². The predicted molar refractivity (Wildman–Crippen MR) is 70.8 cm³/mol. The molecule has 19 heavy (non-hydrogen) atoms. The number of hydrogen-bond acceptors (Lipinski definition) is 5. The molecule has 0 aliphatic carbocycles. The maximum atomic E-state index is 10.4. The van der Waals surface area contributed by atoms with E-state index >= 15 is 0 Å². The van der Waals surface area contributed by atoms with E-state index in [0.717, 1.165) is 0 Å². The van der Waals surface area contributed by atoms with Gasteiger partial charge >= 0.3 is 0 Å². The second-order valence-corrected chi connectivity index (χ2v) is 4.51. The molecule has 8 heteroatoms. The number of ether oxygens (including phenoxy) is 1. The molecule has 2 rings (SSSR count). The summed E-state index contributed by atoms with van der Waals surface area (Å²) in [5, 5.41) is 18.9. The molecular weight excluding hydrogens is 270 g/mol. The van der Waals surface area contributed by atoms with Gasteiger partial charge in [0, 0.05) is 19.7 Å². The number of nitrogens with zero attached hydrogens (tertiary/aromatic N) is 4. The lowest BCUT2D eigenvalue weighted by molar-refractivity contribution is 0.171. The highest BCUT2D eigenvalue weighted by Gasteiger charge is 2.23. The predicted octanol–water partition coefficient (Wildman–Crippen LogP) is 0.580. The normalized spacial score (nSPS) is 12.8. The van der Waals surface area contributed by atoms with Gasteiger partial charge in [0.25, 0.3) is 0 Å². The number of aliphatic hydroxyl groups is 1. The number of aromatic nitrogens is 4. The maximum absolute atomic E-state index is 10.4.